The third-order valence-electron chi connectivity index (χ3n) is 5.36. The lowest BCUT2D eigenvalue weighted by Gasteiger charge is -2.31. The summed E-state index contributed by atoms with van der Waals surface area (Å²) in [6.07, 6.45) is 1.72. The highest BCUT2D eigenvalue weighted by Gasteiger charge is 2.63. The van der Waals surface area contributed by atoms with Crippen molar-refractivity contribution in [2.24, 2.45) is 4.99 Å². The number of benzene rings is 2. The molecule has 0 N–H and O–H groups in total. The number of carbonyl (C=O) groups is 1. The number of hydrogen-bond donors (Lipinski definition) is 0. The third-order valence-corrected chi connectivity index (χ3v) is 5.36. The van der Waals surface area contributed by atoms with Gasteiger partial charge in [0.15, 0.2) is 18.5 Å². The number of rotatable bonds is 6. The predicted molar refractivity (Wildman–Crippen MR) is 102 cm³/mol. The van der Waals surface area contributed by atoms with Gasteiger partial charge < -0.3 is 14.2 Å². The van der Waals surface area contributed by atoms with Gasteiger partial charge in [0.05, 0.1) is 0 Å². The molecule has 0 amide bonds. The maximum Gasteiger partial charge on any atom is 0.263 e. The average Bonchev–Trinajstić information content (AvgIpc) is 3.21. The molecule has 2 unspecified atom stereocenters. The number of fused-ring (bicyclic) bond motifs is 1. The summed E-state index contributed by atoms with van der Waals surface area (Å²) in [5.74, 6) is -0.324. The maximum absolute atomic E-state index is 12.9. The third kappa shape index (κ3) is 2.87. The number of nitrogens with zero attached hydrogens (tertiary/aromatic N) is 1. The molecule has 0 spiro atoms. The van der Waals surface area contributed by atoms with Crippen LogP contribution in [0.2, 0.25) is 0 Å². The number of carbonyl (C=O) groups excluding carboxylic acids is 1. The lowest BCUT2D eigenvalue weighted by atomic mass is 9.96. The first kappa shape index (κ1) is 17.9. The Bertz CT molecular complexity index is 879. The van der Waals surface area contributed by atoms with Gasteiger partial charge in [-0.15, -0.1) is 0 Å². The molecule has 0 aliphatic carbocycles. The fourth-order valence-electron chi connectivity index (χ4n) is 3.87. The number of aliphatic imine (C=N–C) groups is 1. The zero-order chi connectivity index (χ0) is 18.9. The molecule has 4 rings (SSSR count). The fraction of sp³-hybridized carbons (Fsp3) is 0.364. The Morgan fingerprint density at radius 2 is 1.74 bits per heavy atom. The van der Waals surface area contributed by atoms with E-state index in [0.29, 0.717) is 36.3 Å². The summed E-state index contributed by atoms with van der Waals surface area (Å²) in [5.41, 5.74) is 1.40. The van der Waals surface area contributed by atoms with Crippen LogP contribution in [0.25, 0.3) is 0 Å². The van der Waals surface area contributed by atoms with Crippen molar-refractivity contribution in [1.29, 1.82) is 0 Å². The molecule has 2 heterocycles. The maximum atomic E-state index is 12.9. The monoisotopic (exact) mass is 365 g/mol. The molecule has 2 aromatic carbocycles. The molecule has 1 saturated heterocycles. The summed E-state index contributed by atoms with van der Waals surface area (Å²) in [4.78, 5) is 17.7. The number of ketones is 1. The zero-order valence-electron chi connectivity index (χ0n) is 15.6. The van der Waals surface area contributed by atoms with Gasteiger partial charge in [-0.05, 0) is 5.56 Å². The van der Waals surface area contributed by atoms with Crippen molar-refractivity contribution in [3.8, 4) is 0 Å². The van der Waals surface area contributed by atoms with Gasteiger partial charge in [0.1, 0.15) is 0 Å². The van der Waals surface area contributed by atoms with Crippen molar-refractivity contribution < 1.29 is 19.0 Å². The highest BCUT2D eigenvalue weighted by Crippen LogP contribution is 2.47. The van der Waals surface area contributed by atoms with Crippen LogP contribution in [0.5, 0.6) is 0 Å². The molecule has 1 fully saturated rings. The molecular weight excluding hydrogens is 342 g/mol. The van der Waals surface area contributed by atoms with E-state index < -0.39 is 11.5 Å². The van der Waals surface area contributed by atoms with Crippen molar-refractivity contribution >= 4 is 11.7 Å². The topological polar surface area (TPSA) is 57.1 Å². The Morgan fingerprint density at radius 3 is 2.44 bits per heavy atom. The smallest absolute Gasteiger partial charge is 0.263 e. The largest absolute Gasteiger partial charge is 0.444 e. The Kier molecular flexibility index (Phi) is 4.58. The normalized spacial score (nSPS) is 26.4. The van der Waals surface area contributed by atoms with Gasteiger partial charge in [0, 0.05) is 30.4 Å². The zero-order valence-corrected chi connectivity index (χ0v) is 15.6. The molecule has 2 aromatic rings. The van der Waals surface area contributed by atoms with Crippen LogP contribution in [0, 0.1) is 0 Å². The van der Waals surface area contributed by atoms with E-state index in [-0.39, 0.29) is 12.6 Å². The van der Waals surface area contributed by atoms with Crippen molar-refractivity contribution in [3.05, 3.63) is 71.3 Å². The van der Waals surface area contributed by atoms with Gasteiger partial charge in [-0.2, -0.15) is 0 Å². The highest BCUT2D eigenvalue weighted by atomic mass is 16.8. The first-order valence-corrected chi connectivity index (χ1v) is 9.36. The van der Waals surface area contributed by atoms with Gasteiger partial charge >= 0.3 is 0 Å². The Hall–Kier alpha value is -2.50. The summed E-state index contributed by atoms with van der Waals surface area (Å²) < 4.78 is 17.8. The molecule has 2 aliphatic heterocycles. The minimum absolute atomic E-state index is 0.00657. The van der Waals surface area contributed by atoms with Crippen LogP contribution in [0.15, 0.2) is 59.6 Å². The van der Waals surface area contributed by atoms with E-state index in [1.54, 1.807) is 0 Å². The Balaban J connectivity index is 1.64. The van der Waals surface area contributed by atoms with Crippen molar-refractivity contribution in [2.75, 3.05) is 6.79 Å². The van der Waals surface area contributed by atoms with E-state index in [9.17, 15) is 4.79 Å². The second-order valence-electron chi connectivity index (χ2n) is 6.79. The second kappa shape index (κ2) is 6.91. The summed E-state index contributed by atoms with van der Waals surface area (Å²) in [5, 5.41) is 0. The molecule has 0 radical (unpaired) electrons. The first-order valence-electron chi connectivity index (χ1n) is 9.36. The standard InChI is InChI=1S/C22H23NO4/c1-3-21-22(4-2,26-15-25-21)27-19(23-21)14-17-12-8-9-13-18(17)20(24)16-10-6-5-7-11-16/h5-13H,3-4,14-15H2,1-2H3. The molecule has 2 aliphatic rings. The molecule has 2 atom stereocenters. The Labute approximate surface area is 159 Å². The molecule has 27 heavy (non-hydrogen) atoms. The predicted octanol–water partition coefficient (Wildman–Crippen LogP) is 4.11. The van der Waals surface area contributed by atoms with Crippen LogP contribution in [-0.2, 0) is 20.6 Å². The van der Waals surface area contributed by atoms with Crippen molar-refractivity contribution in [3.63, 3.8) is 0 Å². The first-order chi connectivity index (χ1) is 13.1. The Morgan fingerprint density at radius 1 is 1.00 bits per heavy atom. The molecule has 0 bridgehead atoms. The van der Waals surface area contributed by atoms with E-state index in [1.165, 1.54) is 0 Å². The van der Waals surface area contributed by atoms with E-state index in [2.05, 4.69) is 0 Å². The van der Waals surface area contributed by atoms with Crippen molar-refractivity contribution in [1.82, 2.24) is 0 Å². The number of hydrogen-bond acceptors (Lipinski definition) is 5. The van der Waals surface area contributed by atoms with Gasteiger partial charge in [0.2, 0.25) is 5.72 Å². The molecule has 0 saturated carbocycles. The van der Waals surface area contributed by atoms with E-state index >= 15 is 0 Å². The summed E-state index contributed by atoms with van der Waals surface area (Å²) in [6, 6.07) is 16.9. The minimum atomic E-state index is -0.866. The molecule has 140 valence electrons. The van der Waals surface area contributed by atoms with Crippen LogP contribution < -0.4 is 0 Å². The highest BCUT2D eigenvalue weighted by molar-refractivity contribution is 6.10. The van der Waals surface area contributed by atoms with Gasteiger partial charge in [-0.3, -0.25) is 4.79 Å². The van der Waals surface area contributed by atoms with E-state index in [1.807, 2.05) is 68.4 Å². The summed E-state index contributed by atoms with van der Waals surface area (Å²) >= 11 is 0. The lowest BCUT2D eigenvalue weighted by molar-refractivity contribution is -0.182. The van der Waals surface area contributed by atoms with Gasteiger partial charge in [-0.25, -0.2) is 4.99 Å². The van der Waals surface area contributed by atoms with Gasteiger partial charge in [-0.1, -0.05) is 68.4 Å². The van der Waals surface area contributed by atoms with Crippen LogP contribution >= 0.6 is 0 Å². The second-order valence-corrected chi connectivity index (χ2v) is 6.79. The summed E-state index contributed by atoms with van der Waals surface area (Å²) in [7, 11) is 0. The van der Waals surface area contributed by atoms with E-state index in [0.717, 1.165) is 5.56 Å². The number of ether oxygens (including phenoxy) is 3. The van der Waals surface area contributed by atoms with E-state index in [4.69, 9.17) is 19.2 Å². The molecular formula is C22H23NO4. The lowest BCUT2D eigenvalue weighted by Crippen LogP contribution is -2.47. The quantitative estimate of drug-likeness (QED) is 0.723. The minimum Gasteiger partial charge on any atom is -0.444 e. The summed E-state index contributed by atoms with van der Waals surface area (Å²) in [6.45, 7) is 4.20. The average molecular weight is 365 g/mol. The van der Waals surface area contributed by atoms with Crippen molar-refractivity contribution in [2.45, 2.75) is 44.6 Å². The SMILES string of the molecule is CCC12N=C(Cc3ccccc3C(=O)c3ccccc3)OC1(CC)OCO2. The van der Waals surface area contributed by atoms with Crippen LogP contribution in [-0.4, -0.2) is 30.0 Å². The van der Waals surface area contributed by atoms with Crippen LogP contribution in [0.4, 0.5) is 0 Å². The molecule has 0 aromatic heterocycles. The fourth-order valence-corrected chi connectivity index (χ4v) is 3.87. The van der Waals surface area contributed by atoms with Crippen LogP contribution in [0.3, 0.4) is 0 Å². The molecule has 5 heteroatoms. The van der Waals surface area contributed by atoms with Crippen LogP contribution in [0.1, 0.15) is 48.2 Å². The molecule has 5 nitrogen and oxygen atoms in total. The van der Waals surface area contributed by atoms with Gasteiger partial charge in [0.25, 0.3) is 5.79 Å².